The topological polar surface area (TPSA) is 161 Å². The van der Waals surface area contributed by atoms with E-state index in [1.165, 1.54) is 34.2 Å². The van der Waals surface area contributed by atoms with Crippen LogP contribution in [0.2, 0.25) is 0 Å². The van der Waals surface area contributed by atoms with Crippen molar-refractivity contribution in [3.63, 3.8) is 0 Å². The Morgan fingerprint density at radius 3 is 2.56 bits per heavy atom. The van der Waals surface area contributed by atoms with Gasteiger partial charge in [-0.1, -0.05) is 23.4 Å². The number of nitrogens with one attached hydrogen (secondary N) is 1. The van der Waals surface area contributed by atoms with Crippen molar-refractivity contribution in [1.82, 2.24) is 38.7 Å². The van der Waals surface area contributed by atoms with Gasteiger partial charge in [0.1, 0.15) is 18.3 Å². The normalized spacial score (nSPS) is 11.9. The molecule has 14 heteroatoms. The van der Waals surface area contributed by atoms with Gasteiger partial charge in [0.05, 0.1) is 19.1 Å². The van der Waals surface area contributed by atoms with Crippen molar-refractivity contribution in [3.8, 4) is 11.1 Å². The number of fused-ring (bicyclic) bond motifs is 1. The second-order valence-electron chi connectivity index (χ2n) is 9.40. The summed E-state index contributed by atoms with van der Waals surface area (Å²) in [7, 11) is 2.86. The van der Waals surface area contributed by atoms with Crippen molar-refractivity contribution < 1.29 is 14.3 Å². The number of aryl methyl sites for hydroxylation is 2. The zero-order valence-electron chi connectivity index (χ0n) is 22.6. The van der Waals surface area contributed by atoms with Gasteiger partial charge in [0.2, 0.25) is 5.91 Å². The molecule has 0 saturated heterocycles. The maximum absolute atomic E-state index is 12.7. The average Bonchev–Trinajstić information content (AvgIpc) is 3.65. The number of hydrogen-bond acceptors (Lipinski definition) is 9. The quantitative estimate of drug-likeness (QED) is 0.264. The SMILES string of the molecule is CC(C(=O)OCc1cn(CCC(=O)Nc2ccc(-c3cccnc3)cc2)nn1)n1cnc2c1c(=O)n(C)c(=O)n2C. The molecule has 0 aliphatic carbocycles. The Bertz CT molecular complexity index is 1840. The Morgan fingerprint density at radius 2 is 1.83 bits per heavy atom. The maximum atomic E-state index is 12.7. The summed E-state index contributed by atoms with van der Waals surface area (Å²) in [5, 5.41) is 10.8. The third-order valence-electron chi connectivity index (χ3n) is 6.61. The number of amides is 1. The lowest BCUT2D eigenvalue weighted by atomic mass is 10.1. The first kappa shape index (κ1) is 27.2. The largest absolute Gasteiger partial charge is 0.458 e. The lowest BCUT2D eigenvalue weighted by Gasteiger charge is -2.13. The van der Waals surface area contributed by atoms with E-state index in [-0.39, 0.29) is 36.6 Å². The molecule has 1 atom stereocenters. The number of benzene rings is 1. The molecule has 0 aliphatic rings. The third kappa shape index (κ3) is 5.66. The van der Waals surface area contributed by atoms with E-state index in [1.807, 2.05) is 36.4 Å². The summed E-state index contributed by atoms with van der Waals surface area (Å²) in [4.78, 5) is 58.2. The Morgan fingerprint density at radius 1 is 1.05 bits per heavy atom. The number of carbonyl (C=O) groups is 2. The minimum absolute atomic E-state index is 0.118. The van der Waals surface area contributed by atoms with Gasteiger partial charge in [-0.2, -0.15) is 0 Å². The molecular formula is C27H27N9O5. The fourth-order valence-electron chi connectivity index (χ4n) is 4.27. The number of nitrogens with zero attached hydrogens (tertiary/aromatic N) is 8. The van der Waals surface area contributed by atoms with E-state index in [4.69, 9.17) is 4.74 Å². The van der Waals surface area contributed by atoms with Gasteiger partial charge in [0, 0.05) is 38.6 Å². The average molecular weight is 558 g/mol. The summed E-state index contributed by atoms with van der Waals surface area (Å²) in [5.74, 6) is -0.809. The lowest BCUT2D eigenvalue weighted by Crippen LogP contribution is -2.38. The third-order valence-corrected chi connectivity index (χ3v) is 6.61. The molecular weight excluding hydrogens is 530 g/mol. The van der Waals surface area contributed by atoms with Gasteiger partial charge in [0.25, 0.3) is 5.56 Å². The zero-order chi connectivity index (χ0) is 29.1. The molecule has 5 rings (SSSR count). The molecule has 41 heavy (non-hydrogen) atoms. The van der Waals surface area contributed by atoms with Gasteiger partial charge in [-0.3, -0.25) is 28.4 Å². The van der Waals surface area contributed by atoms with Crippen LogP contribution < -0.4 is 16.6 Å². The number of pyridine rings is 1. The molecule has 5 aromatic rings. The summed E-state index contributed by atoms with van der Waals surface area (Å²) in [5.41, 5.74) is 2.27. The minimum Gasteiger partial charge on any atom is -0.458 e. The molecule has 0 spiro atoms. The molecule has 0 radical (unpaired) electrons. The number of anilines is 1. The first-order valence-corrected chi connectivity index (χ1v) is 12.7. The summed E-state index contributed by atoms with van der Waals surface area (Å²) in [6, 6.07) is 10.4. The van der Waals surface area contributed by atoms with E-state index in [1.54, 1.807) is 25.5 Å². The number of ether oxygens (including phenoxy) is 1. The van der Waals surface area contributed by atoms with Crippen LogP contribution >= 0.6 is 0 Å². The van der Waals surface area contributed by atoms with Gasteiger partial charge >= 0.3 is 11.7 Å². The van der Waals surface area contributed by atoms with Gasteiger partial charge in [-0.15, -0.1) is 5.10 Å². The van der Waals surface area contributed by atoms with Crippen molar-refractivity contribution >= 4 is 28.7 Å². The van der Waals surface area contributed by atoms with Crippen molar-refractivity contribution in [3.05, 3.63) is 87.8 Å². The standard InChI is InChI=1S/C27H27N9O5/c1-17(36-16-29-24-23(36)25(38)34(3)27(40)33(24)2)26(39)41-15-21-14-35(32-31-21)12-10-22(37)30-20-8-6-18(7-9-20)19-5-4-11-28-13-19/h4-9,11,13-14,16-17H,10,12,15H2,1-3H3,(H,30,37). The van der Waals surface area contributed by atoms with Crippen LogP contribution in [-0.4, -0.2) is 50.5 Å². The fraction of sp³-hybridized carbons (Fsp3) is 0.259. The van der Waals surface area contributed by atoms with Gasteiger partial charge < -0.3 is 14.6 Å². The van der Waals surface area contributed by atoms with Crippen LogP contribution in [-0.2, 0) is 41.6 Å². The summed E-state index contributed by atoms with van der Waals surface area (Å²) < 4.78 is 10.4. The Balaban J connectivity index is 1.13. The molecule has 1 unspecified atom stereocenters. The Hall–Kier alpha value is -5.40. The number of carbonyl (C=O) groups excluding carboxylic acids is 2. The van der Waals surface area contributed by atoms with Crippen LogP contribution in [0.5, 0.6) is 0 Å². The van der Waals surface area contributed by atoms with Crippen LogP contribution in [0.3, 0.4) is 0 Å². The molecule has 1 N–H and O–H groups in total. The molecule has 210 valence electrons. The highest BCUT2D eigenvalue weighted by atomic mass is 16.5. The zero-order valence-corrected chi connectivity index (χ0v) is 22.6. The van der Waals surface area contributed by atoms with E-state index in [9.17, 15) is 19.2 Å². The number of esters is 1. The second kappa shape index (κ2) is 11.4. The first-order valence-electron chi connectivity index (χ1n) is 12.7. The first-order chi connectivity index (χ1) is 19.7. The van der Waals surface area contributed by atoms with E-state index < -0.39 is 23.3 Å². The summed E-state index contributed by atoms with van der Waals surface area (Å²) >= 11 is 0. The fourth-order valence-corrected chi connectivity index (χ4v) is 4.27. The number of aromatic nitrogens is 8. The van der Waals surface area contributed by atoms with E-state index in [0.717, 1.165) is 15.7 Å². The van der Waals surface area contributed by atoms with Crippen molar-refractivity contribution in [2.24, 2.45) is 14.1 Å². The second-order valence-corrected chi connectivity index (χ2v) is 9.40. The monoisotopic (exact) mass is 557 g/mol. The molecule has 1 aromatic carbocycles. The molecule has 14 nitrogen and oxygen atoms in total. The van der Waals surface area contributed by atoms with E-state index in [0.29, 0.717) is 11.4 Å². The highest BCUT2D eigenvalue weighted by Gasteiger charge is 2.23. The van der Waals surface area contributed by atoms with Gasteiger partial charge in [-0.05, 0) is 36.2 Å². The van der Waals surface area contributed by atoms with Crippen molar-refractivity contribution in [1.29, 1.82) is 0 Å². The van der Waals surface area contributed by atoms with Crippen LogP contribution in [0.15, 0.2) is 70.9 Å². The van der Waals surface area contributed by atoms with E-state index >= 15 is 0 Å². The highest BCUT2D eigenvalue weighted by molar-refractivity contribution is 5.91. The van der Waals surface area contributed by atoms with Crippen LogP contribution in [0.1, 0.15) is 25.1 Å². The molecule has 0 saturated carbocycles. The molecule has 0 aliphatic heterocycles. The molecule has 4 heterocycles. The van der Waals surface area contributed by atoms with Gasteiger partial charge in [-0.25, -0.2) is 14.6 Å². The highest BCUT2D eigenvalue weighted by Crippen LogP contribution is 2.20. The predicted octanol–water partition coefficient (Wildman–Crippen LogP) is 1.42. The summed E-state index contributed by atoms with van der Waals surface area (Å²) in [6.45, 7) is 1.69. The lowest BCUT2D eigenvalue weighted by molar-refractivity contribution is -0.148. The Kier molecular flexibility index (Phi) is 7.54. The van der Waals surface area contributed by atoms with Crippen LogP contribution in [0, 0.1) is 0 Å². The smallest absolute Gasteiger partial charge is 0.332 e. The van der Waals surface area contributed by atoms with Crippen molar-refractivity contribution in [2.75, 3.05) is 5.32 Å². The molecule has 1 amide bonds. The molecule has 0 bridgehead atoms. The van der Waals surface area contributed by atoms with Gasteiger partial charge in [0.15, 0.2) is 11.2 Å². The number of rotatable bonds is 9. The number of hydrogen-bond donors (Lipinski definition) is 1. The number of imidazole rings is 1. The van der Waals surface area contributed by atoms with E-state index in [2.05, 4.69) is 25.6 Å². The van der Waals surface area contributed by atoms with Crippen LogP contribution in [0.4, 0.5) is 5.69 Å². The predicted molar refractivity (Wildman–Crippen MR) is 148 cm³/mol. The van der Waals surface area contributed by atoms with Crippen molar-refractivity contribution in [2.45, 2.75) is 32.5 Å². The molecule has 4 aromatic heterocycles. The summed E-state index contributed by atoms with van der Waals surface area (Å²) in [6.07, 6.45) is 6.57. The maximum Gasteiger partial charge on any atom is 0.332 e. The minimum atomic E-state index is -0.887. The Labute approximate surface area is 232 Å². The van der Waals surface area contributed by atoms with Crippen LogP contribution in [0.25, 0.3) is 22.3 Å². The molecule has 0 fully saturated rings.